The van der Waals surface area contributed by atoms with Gasteiger partial charge < -0.3 is 15.4 Å². The van der Waals surface area contributed by atoms with Gasteiger partial charge in [-0.15, -0.1) is 0 Å². The number of ether oxygens (including phenoxy) is 1. The maximum atomic E-state index is 12.5. The highest BCUT2D eigenvalue weighted by Gasteiger charge is 2.26. The van der Waals surface area contributed by atoms with E-state index in [9.17, 15) is 29.3 Å². The predicted molar refractivity (Wildman–Crippen MR) is 120 cm³/mol. The molecule has 0 unspecified atom stereocenters. The molecule has 1 aliphatic rings. The van der Waals surface area contributed by atoms with Crippen LogP contribution in [0.25, 0.3) is 0 Å². The molecular formula is C21H25N5O7. The number of aromatic nitrogens is 2. The van der Waals surface area contributed by atoms with Gasteiger partial charge in [0.15, 0.2) is 6.61 Å². The van der Waals surface area contributed by atoms with E-state index in [1.54, 1.807) is 0 Å². The first-order valence-corrected chi connectivity index (χ1v) is 10.3. The van der Waals surface area contributed by atoms with Gasteiger partial charge in [-0.3, -0.25) is 28.8 Å². The molecule has 12 heteroatoms. The zero-order valence-corrected chi connectivity index (χ0v) is 18.6. The van der Waals surface area contributed by atoms with Crippen molar-refractivity contribution in [3.8, 4) is 0 Å². The van der Waals surface area contributed by atoms with Crippen molar-refractivity contribution in [3.05, 3.63) is 60.3 Å². The number of carbonyl (C=O) groups is 2. The van der Waals surface area contributed by atoms with E-state index in [4.69, 9.17) is 10.5 Å². The highest BCUT2D eigenvalue weighted by Crippen LogP contribution is 2.32. The van der Waals surface area contributed by atoms with Crippen molar-refractivity contribution < 1.29 is 19.2 Å². The topological polar surface area (TPSA) is 160 Å². The number of rotatable bonds is 6. The highest BCUT2D eigenvalue weighted by atomic mass is 16.6. The number of hydrogen-bond acceptors (Lipinski definition) is 9. The van der Waals surface area contributed by atoms with Crippen LogP contribution in [0.5, 0.6) is 0 Å². The summed E-state index contributed by atoms with van der Waals surface area (Å²) < 4.78 is 6.63. The molecule has 0 aliphatic carbocycles. The number of nitro benzene ring substituents is 1. The minimum atomic E-state index is -0.967. The summed E-state index contributed by atoms with van der Waals surface area (Å²) in [5.41, 5.74) is 3.71. The Balaban J connectivity index is 1.79. The van der Waals surface area contributed by atoms with Crippen molar-refractivity contribution in [2.75, 3.05) is 30.3 Å². The molecule has 12 nitrogen and oxygen atoms in total. The summed E-state index contributed by atoms with van der Waals surface area (Å²) in [6.07, 6.45) is 1.83. The SMILES string of the molecule is CC1CCN(c2ccc(C(=O)OCC(=O)c3c(N)n(C)c(=O)n(C)c3=O)cc2[N+](=O)[O-])CC1. The molecule has 0 amide bonds. The van der Waals surface area contributed by atoms with Crippen molar-refractivity contribution in [1.82, 2.24) is 9.13 Å². The molecule has 2 aromatic rings. The molecular weight excluding hydrogens is 434 g/mol. The smallest absolute Gasteiger partial charge is 0.338 e. The van der Waals surface area contributed by atoms with Crippen LogP contribution >= 0.6 is 0 Å². The Morgan fingerprint density at radius 2 is 1.82 bits per heavy atom. The first kappa shape index (κ1) is 23.7. The summed E-state index contributed by atoms with van der Waals surface area (Å²) in [6.45, 7) is 2.66. The average Bonchev–Trinajstić information content (AvgIpc) is 2.80. The van der Waals surface area contributed by atoms with Crippen LogP contribution in [-0.2, 0) is 18.8 Å². The molecule has 1 aliphatic heterocycles. The van der Waals surface area contributed by atoms with E-state index in [0.29, 0.717) is 24.7 Å². The van der Waals surface area contributed by atoms with E-state index < -0.39 is 40.1 Å². The second kappa shape index (κ2) is 9.27. The second-order valence-electron chi connectivity index (χ2n) is 8.10. The van der Waals surface area contributed by atoms with Gasteiger partial charge in [-0.2, -0.15) is 0 Å². The molecule has 3 rings (SSSR count). The van der Waals surface area contributed by atoms with E-state index in [1.807, 2.05) is 4.90 Å². The molecule has 0 radical (unpaired) electrons. The van der Waals surface area contributed by atoms with Gasteiger partial charge in [0.2, 0.25) is 5.78 Å². The van der Waals surface area contributed by atoms with Gasteiger partial charge in [-0.25, -0.2) is 9.59 Å². The van der Waals surface area contributed by atoms with Crippen molar-refractivity contribution in [2.45, 2.75) is 19.8 Å². The molecule has 1 saturated heterocycles. The maximum Gasteiger partial charge on any atom is 0.338 e. The Morgan fingerprint density at radius 1 is 1.18 bits per heavy atom. The number of piperidine rings is 1. The lowest BCUT2D eigenvalue weighted by Gasteiger charge is -2.31. The van der Waals surface area contributed by atoms with E-state index in [1.165, 1.54) is 26.2 Å². The predicted octanol–water partition coefficient (Wildman–Crippen LogP) is 0.850. The molecule has 1 fully saturated rings. The number of ketones is 1. The molecule has 0 bridgehead atoms. The summed E-state index contributed by atoms with van der Waals surface area (Å²) >= 11 is 0. The van der Waals surface area contributed by atoms with Crippen molar-refractivity contribution in [2.24, 2.45) is 20.0 Å². The Morgan fingerprint density at radius 3 is 2.42 bits per heavy atom. The number of nitrogens with zero attached hydrogens (tertiary/aromatic N) is 4. The van der Waals surface area contributed by atoms with Gasteiger partial charge in [-0.1, -0.05) is 6.92 Å². The summed E-state index contributed by atoms with van der Waals surface area (Å²) in [6, 6.07) is 4.00. The fourth-order valence-electron chi connectivity index (χ4n) is 3.72. The summed E-state index contributed by atoms with van der Waals surface area (Å²) in [5, 5.41) is 11.6. The average molecular weight is 459 g/mol. The van der Waals surface area contributed by atoms with Crippen LogP contribution in [0.15, 0.2) is 27.8 Å². The number of nitro groups is 1. The number of nitrogen functional groups attached to an aromatic ring is 1. The lowest BCUT2D eigenvalue weighted by molar-refractivity contribution is -0.384. The van der Waals surface area contributed by atoms with E-state index in [-0.39, 0.29) is 17.1 Å². The number of hydrogen-bond donors (Lipinski definition) is 1. The van der Waals surface area contributed by atoms with Crippen LogP contribution in [0.2, 0.25) is 0 Å². The van der Waals surface area contributed by atoms with Gasteiger partial charge in [0, 0.05) is 33.3 Å². The van der Waals surface area contributed by atoms with Crippen molar-refractivity contribution >= 4 is 28.9 Å². The van der Waals surface area contributed by atoms with Crippen LogP contribution in [-0.4, -0.2) is 45.5 Å². The van der Waals surface area contributed by atoms with Crippen LogP contribution in [0.4, 0.5) is 17.2 Å². The van der Waals surface area contributed by atoms with Crippen LogP contribution in [0, 0.1) is 16.0 Å². The Labute approximate surface area is 188 Å². The molecule has 1 aromatic carbocycles. The number of carbonyl (C=O) groups excluding carboxylic acids is 2. The second-order valence-corrected chi connectivity index (χ2v) is 8.10. The monoisotopic (exact) mass is 459 g/mol. The van der Waals surface area contributed by atoms with Crippen molar-refractivity contribution in [1.29, 1.82) is 0 Å². The Hall–Kier alpha value is -3.96. The van der Waals surface area contributed by atoms with Gasteiger partial charge in [-0.05, 0) is 30.9 Å². The van der Waals surface area contributed by atoms with Gasteiger partial charge >= 0.3 is 11.7 Å². The molecule has 33 heavy (non-hydrogen) atoms. The third-order valence-corrected chi connectivity index (χ3v) is 5.86. The Kier molecular flexibility index (Phi) is 6.65. The van der Waals surface area contributed by atoms with Gasteiger partial charge in [0.05, 0.1) is 10.5 Å². The number of anilines is 2. The molecule has 2 N–H and O–H groups in total. The normalized spacial score (nSPS) is 14.2. The third kappa shape index (κ3) is 4.64. The number of esters is 1. The quantitative estimate of drug-likeness (QED) is 0.286. The maximum absolute atomic E-state index is 12.5. The first-order chi connectivity index (χ1) is 15.5. The highest BCUT2D eigenvalue weighted by molar-refractivity contribution is 6.02. The zero-order chi connectivity index (χ0) is 24.4. The van der Waals surface area contributed by atoms with Crippen molar-refractivity contribution in [3.63, 3.8) is 0 Å². The number of nitrogens with two attached hydrogens (primary N) is 1. The number of benzene rings is 1. The number of Topliss-reactive ketones (excluding diaryl/α,β-unsaturated/α-hetero) is 1. The molecule has 2 heterocycles. The minimum Gasteiger partial charge on any atom is -0.454 e. The molecule has 1 aromatic heterocycles. The molecule has 176 valence electrons. The lowest BCUT2D eigenvalue weighted by Crippen LogP contribution is -2.42. The first-order valence-electron chi connectivity index (χ1n) is 10.3. The Bertz CT molecular complexity index is 1240. The summed E-state index contributed by atoms with van der Waals surface area (Å²) in [5.74, 6) is -1.67. The van der Waals surface area contributed by atoms with E-state index in [2.05, 4.69) is 6.92 Å². The molecule has 0 saturated carbocycles. The lowest BCUT2D eigenvalue weighted by atomic mass is 9.98. The van der Waals surface area contributed by atoms with Crippen LogP contribution in [0.3, 0.4) is 0 Å². The summed E-state index contributed by atoms with van der Waals surface area (Å²) in [4.78, 5) is 62.1. The van der Waals surface area contributed by atoms with E-state index in [0.717, 1.165) is 28.0 Å². The van der Waals surface area contributed by atoms with Gasteiger partial charge in [0.1, 0.15) is 17.1 Å². The third-order valence-electron chi connectivity index (χ3n) is 5.86. The largest absolute Gasteiger partial charge is 0.454 e. The van der Waals surface area contributed by atoms with Crippen LogP contribution in [0.1, 0.15) is 40.5 Å². The fourth-order valence-corrected chi connectivity index (χ4v) is 3.72. The fraction of sp³-hybridized carbons (Fsp3) is 0.429. The van der Waals surface area contributed by atoms with E-state index >= 15 is 0 Å². The zero-order valence-electron chi connectivity index (χ0n) is 18.6. The summed E-state index contributed by atoms with van der Waals surface area (Å²) in [7, 11) is 2.49. The molecule has 0 atom stereocenters. The van der Waals surface area contributed by atoms with Gasteiger partial charge in [0.25, 0.3) is 11.2 Å². The minimum absolute atomic E-state index is 0.107. The molecule has 0 spiro atoms. The van der Waals surface area contributed by atoms with Crippen LogP contribution < -0.4 is 21.9 Å². The standard InChI is InChI=1S/C21H25N5O7/c1-12-6-8-25(9-7-12)14-5-4-13(10-15(14)26(31)32)20(29)33-11-16(27)17-18(22)23(2)21(30)24(3)19(17)28/h4-5,10,12H,6-9,11,22H2,1-3H3.